The Balaban J connectivity index is 1.58. The predicted molar refractivity (Wildman–Crippen MR) is 171 cm³/mol. The summed E-state index contributed by atoms with van der Waals surface area (Å²) in [5.41, 5.74) is 10.1. The smallest absolute Gasteiger partial charge is 0.216 e. The van der Waals surface area contributed by atoms with Gasteiger partial charge in [-0.25, -0.2) is 8.96 Å². The Hall–Kier alpha value is -3.46. The second-order valence-electron chi connectivity index (χ2n) is 15.3. The zero-order valence-corrected chi connectivity index (χ0v) is 27.0. The summed E-state index contributed by atoms with van der Waals surface area (Å²) in [5.74, 6) is -0.245. The molecule has 0 unspecified atom stereocenters. The van der Waals surface area contributed by atoms with Gasteiger partial charge in [-0.2, -0.15) is 0 Å². The number of benzene rings is 3. The Morgan fingerprint density at radius 3 is 1.81 bits per heavy atom. The quantitative estimate of drug-likeness (QED) is 0.196. The number of nitrogens with zero attached hydrogens (tertiary/aromatic N) is 1. The van der Waals surface area contributed by atoms with Crippen molar-refractivity contribution in [2.75, 3.05) is 0 Å². The number of aryl methyl sites for hydroxylation is 2. The lowest BCUT2D eigenvalue weighted by Gasteiger charge is -2.56. The lowest BCUT2D eigenvalue weighted by atomic mass is 9.47. The zero-order valence-electron chi connectivity index (χ0n) is 27.0. The monoisotopic (exact) mass is 560 g/mol. The molecule has 0 aliphatic heterocycles. The first-order valence-corrected chi connectivity index (χ1v) is 15.3. The third-order valence-corrected chi connectivity index (χ3v) is 13.2. The fourth-order valence-electron chi connectivity index (χ4n) is 8.99. The molecule has 0 N–H and O–H groups in total. The van der Waals surface area contributed by atoms with Crippen LogP contribution in [0.3, 0.4) is 0 Å². The number of fused-ring (bicyclic) bond motifs is 3. The van der Waals surface area contributed by atoms with Crippen molar-refractivity contribution in [2.24, 2.45) is 17.9 Å². The van der Waals surface area contributed by atoms with Gasteiger partial charge >= 0.3 is 0 Å². The van der Waals surface area contributed by atoms with Crippen LogP contribution in [0.1, 0.15) is 84.6 Å². The van der Waals surface area contributed by atoms with Gasteiger partial charge in [-0.3, -0.25) is 0 Å². The SMILES string of the molecule is Cc1ccc2c(oc3c(-c4cc5c6c(c4)C(C)(C)C(C)(C)C6(C)C(C)(C)C5(C)C)c(F)ccc32)c1-c1cccc[n+]1C. The van der Waals surface area contributed by atoms with Gasteiger partial charge in [0, 0.05) is 28.3 Å². The van der Waals surface area contributed by atoms with Gasteiger partial charge in [0.05, 0.1) is 11.1 Å². The van der Waals surface area contributed by atoms with Crippen LogP contribution in [0.5, 0.6) is 0 Å². The van der Waals surface area contributed by atoms with Crippen LogP contribution in [-0.4, -0.2) is 0 Å². The summed E-state index contributed by atoms with van der Waals surface area (Å²) in [6.45, 7) is 23.9. The van der Waals surface area contributed by atoms with Gasteiger partial charge in [-0.15, -0.1) is 0 Å². The van der Waals surface area contributed by atoms with Crippen molar-refractivity contribution in [2.45, 2.75) is 85.5 Å². The average molecular weight is 561 g/mol. The Bertz CT molecular complexity index is 1930. The fourth-order valence-corrected chi connectivity index (χ4v) is 8.99. The number of aromatic nitrogens is 1. The largest absolute Gasteiger partial charge is 0.454 e. The fraction of sp³-hybridized carbons (Fsp3) is 0.410. The van der Waals surface area contributed by atoms with Gasteiger partial charge in [0.25, 0.3) is 0 Å². The van der Waals surface area contributed by atoms with E-state index in [9.17, 15) is 0 Å². The Labute approximate surface area is 249 Å². The van der Waals surface area contributed by atoms with E-state index in [0.29, 0.717) is 11.1 Å². The molecule has 2 aliphatic carbocycles. The molecule has 7 rings (SSSR count). The van der Waals surface area contributed by atoms with Crippen LogP contribution in [-0.2, 0) is 23.3 Å². The number of hydrogen-bond acceptors (Lipinski definition) is 1. The molecule has 0 amide bonds. The molecule has 0 spiro atoms. The normalized spacial score (nSPS) is 20.4. The summed E-state index contributed by atoms with van der Waals surface area (Å²) in [4.78, 5) is 0. The van der Waals surface area contributed by atoms with E-state index in [-0.39, 0.29) is 32.9 Å². The highest BCUT2D eigenvalue weighted by Gasteiger charge is 2.72. The van der Waals surface area contributed by atoms with Crippen molar-refractivity contribution in [3.63, 3.8) is 0 Å². The third kappa shape index (κ3) is 2.84. The van der Waals surface area contributed by atoms with Crippen LogP contribution in [0.2, 0.25) is 0 Å². The van der Waals surface area contributed by atoms with E-state index in [2.05, 4.69) is 123 Å². The zero-order chi connectivity index (χ0) is 30.4. The number of rotatable bonds is 2. The molecule has 0 saturated heterocycles. The molecule has 42 heavy (non-hydrogen) atoms. The summed E-state index contributed by atoms with van der Waals surface area (Å²) in [6, 6.07) is 18.5. The van der Waals surface area contributed by atoms with Gasteiger partial charge in [-0.05, 0) is 74.6 Å². The lowest BCUT2D eigenvalue weighted by molar-refractivity contribution is -0.660. The maximum atomic E-state index is 16.2. The maximum absolute atomic E-state index is 16.2. The molecule has 216 valence electrons. The van der Waals surface area contributed by atoms with Gasteiger partial charge in [0.15, 0.2) is 6.20 Å². The van der Waals surface area contributed by atoms with Gasteiger partial charge < -0.3 is 4.42 Å². The first kappa shape index (κ1) is 27.4. The molecule has 0 radical (unpaired) electrons. The van der Waals surface area contributed by atoms with Crippen LogP contribution < -0.4 is 4.57 Å². The molecule has 0 bridgehead atoms. The van der Waals surface area contributed by atoms with Gasteiger partial charge in [-0.1, -0.05) is 86.6 Å². The highest BCUT2D eigenvalue weighted by atomic mass is 19.1. The number of hydrogen-bond donors (Lipinski definition) is 0. The van der Waals surface area contributed by atoms with Crippen molar-refractivity contribution in [1.82, 2.24) is 0 Å². The van der Waals surface area contributed by atoms with Crippen LogP contribution in [0.25, 0.3) is 44.3 Å². The van der Waals surface area contributed by atoms with E-state index in [1.54, 1.807) is 6.07 Å². The van der Waals surface area contributed by atoms with Crippen molar-refractivity contribution >= 4 is 21.9 Å². The minimum Gasteiger partial charge on any atom is -0.454 e. The van der Waals surface area contributed by atoms with E-state index in [0.717, 1.165) is 38.7 Å². The van der Waals surface area contributed by atoms with Crippen molar-refractivity contribution in [3.05, 3.63) is 88.9 Å². The Kier molecular flexibility index (Phi) is 5.16. The summed E-state index contributed by atoms with van der Waals surface area (Å²) < 4.78 is 25.1. The van der Waals surface area contributed by atoms with Gasteiger partial charge in [0.1, 0.15) is 24.0 Å². The van der Waals surface area contributed by atoms with E-state index < -0.39 is 0 Å². The van der Waals surface area contributed by atoms with Crippen molar-refractivity contribution in [3.8, 4) is 22.4 Å². The van der Waals surface area contributed by atoms with E-state index in [1.807, 2.05) is 12.1 Å². The molecular weight excluding hydrogens is 517 g/mol. The van der Waals surface area contributed by atoms with Crippen LogP contribution in [0, 0.1) is 23.6 Å². The van der Waals surface area contributed by atoms with Gasteiger partial charge in [0.2, 0.25) is 5.69 Å². The maximum Gasteiger partial charge on any atom is 0.216 e. The highest BCUT2D eigenvalue weighted by Crippen LogP contribution is 2.76. The summed E-state index contributed by atoms with van der Waals surface area (Å²) in [7, 11) is 2.05. The summed E-state index contributed by atoms with van der Waals surface area (Å²) >= 11 is 0. The molecular formula is C39H43FNO+. The van der Waals surface area contributed by atoms with E-state index >= 15 is 4.39 Å². The molecule has 3 heteroatoms. The molecule has 2 aromatic heterocycles. The second kappa shape index (κ2) is 7.92. The Morgan fingerprint density at radius 1 is 0.690 bits per heavy atom. The highest BCUT2D eigenvalue weighted by molar-refractivity contribution is 6.13. The van der Waals surface area contributed by atoms with Crippen molar-refractivity contribution in [1.29, 1.82) is 0 Å². The van der Waals surface area contributed by atoms with E-state index in [1.165, 1.54) is 16.7 Å². The van der Waals surface area contributed by atoms with Crippen LogP contribution in [0.15, 0.2) is 65.2 Å². The third-order valence-electron chi connectivity index (χ3n) is 13.2. The summed E-state index contributed by atoms with van der Waals surface area (Å²) in [6.07, 6.45) is 2.05. The molecule has 2 aliphatic rings. The predicted octanol–water partition coefficient (Wildman–Crippen LogP) is 10.1. The minimum absolute atomic E-state index is 0.00543. The molecule has 0 saturated carbocycles. The van der Waals surface area contributed by atoms with E-state index in [4.69, 9.17) is 4.42 Å². The molecule has 0 atom stereocenters. The minimum atomic E-state index is -0.245. The number of furan rings is 1. The molecule has 2 nitrogen and oxygen atoms in total. The number of halogens is 1. The molecule has 5 aromatic rings. The standard InChI is InChI=1S/C39H43FNO/c1-22-15-16-24-25-17-18-28(40)31(34(25)42-33(24)30(22)29-14-12-13-19-41(29)11)23-20-26-32-27(21-23)36(4,5)38(8,9)39(32,10)37(6,7)35(26,2)3/h12-21H,1-11H3/q+1. The second-order valence-corrected chi connectivity index (χ2v) is 15.3. The van der Waals surface area contributed by atoms with Crippen molar-refractivity contribution < 1.29 is 13.4 Å². The lowest BCUT2D eigenvalue weighted by Crippen LogP contribution is -2.55. The molecule has 0 fully saturated rings. The first-order valence-electron chi connectivity index (χ1n) is 15.3. The van der Waals surface area contributed by atoms with Crippen LogP contribution in [0.4, 0.5) is 4.39 Å². The summed E-state index contributed by atoms with van der Waals surface area (Å²) in [5, 5.41) is 1.96. The first-order chi connectivity index (χ1) is 19.5. The topological polar surface area (TPSA) is 17.0 Å². The van der Waals surface area contributed by atoms with Crippen LogP contribution >= 0.6 is 0 Å². The number of pyridine rings is 1. The Morgan fingerprint density at radius 2 is 1.24 bits per heavy atom. The molecule has 3 aromatic carbocycles. The average Bonchev–Trinajstić information content (AvgIpc) is 3.39. The molecule has 2 heterocycles.